The molecular weight excluding hydrogens is 268 g/mol. The Bertz CT molecular complexity index is 768. The largest absolute Gasteiger partial charge is 0.507 e. The van der Waals surface area contributed by atoms with Crippen molar-refractivity contribution in [3.05, 3.63) is 35.9 Å². The van der Waals surface area contributed by atoms with Crippen molar-refractivity contribution in [2.24, 2.45) is 0 Å². The van der Waals surface area contributed by atoms with E-state index in [9.17, 15) is 5.11 Å². The Hall–Kier alpha value is -2.69. The van der Waals surface area contributed by atoms with E-state index in [1.54, 1.807) is 20.3 Å². The lowest BCUT2D eigenvalue weighted by Gasteiger charge is -2.06. The second-order valence-corrected chi connectivity index (χ2v) is 4.78. The van der Waals surface area contributed by atoms with Crippen molar-refractivity contribution < 1.29 is 14.6 Å². The van der Waals surface area contributed by atoms with Gasteiger partial charge >= 0.3 is 0 Å². The Morgan fingerprint density at radius 1 is 1.10 bits per heavy atom. The van der Waals surface area contributed by atoms with Gasteiger partial charge in [0, 0.05) is 12.1 Å². The molecule has 5 nitrogen and oxygen atoms in total. The van der Waals surface area contributed by atoms with Crippen LogP contribution in [0.1, 0.15) is 5.56 Å². The van der Waals surface area contributed by atoms with Crippen LogP contribution in [-0.2, 0) is 0 Å². The Balaban J connectivity index is 2.19. The fraction of sp³-hybridized carbons (Fsp3) is 0.188. The number of para-hydroxylation sites is 1. The lowest BCUT2D eigenvalue weighted by Crippen LogP contribution is -1.89. The van der Waals surface area contributed by atoms with E-state index in [4.69, 9.17) is 9.47 Å². The molecule has 0 spiro atoms. The number of aromatic hydroxyl groups is 1. The molecule has 3 aromatic rings. The zero-order valence-electron chi connectivity index (χ0n) is 12.1. The summed E-state index contributed by atoms with van der Waals surface area (Å²) in [5, 5.41) is 10.2. The first kappa shape index (κ1) is 13.3. The third-order valence-electron chi connectivity index (χ3n) is 3.48. The van der Waals surface area contributed by atoms with Crippen molar-refractivity contribution in [2.45, 2.75) is 6.92 Å². The summed E-state index contributed by atoms with van der Waals surface area (Å²) in [5.41, 5.74) is 3.05. The summed E-state index contributed by atoms with van der Waals surface area (Å²) < 4.78 is 10.6. The number of aryl methyl sites for hydroxylation is 1. The Labute approximate surface area is 122 Å². The molecule has 2 aromatic carbocycles. The van der Waals surface area contributed by atoms with Crippen molar-refractivity contribution in [1.82, 2.24) is 9.97 Å². The minimum atomic E-state index is 0.232. The highest BCUT2D eigenvalue weighted by Crippen LogP contribution is 2.35. The van der Waals surface area contributed by atoms with Gasteiger partial charge in [-0.25, -0.2) is 4.98 Å². The van der Waals surface area contributed by atoms with Crippen LogP contribution in [0.25, 0.3) is 22.4 Å². The van der Waals surface area contributed by atoms with Gasteiger partial charge in [0.05, 0.1) is 30.8 Å². The van der Waals surface area contributed by atoms with E-state index < -0.39 is 0 Å². The average molecular weight is 284 g/mol. The average Bonchev–Trinajstić information content (AvgIpc) is 2.90. The summed E-state index contributed by atoms with van der Waals surface area (Å²) in [7, 11) is 3.18. The third-order valence-corrected chi connectivity index (χ3v) is 3.48. The number of phenolic OH excluding ortho intramolecular Hbond substituents is 1. The molecule has 21 heavy (non-hydrogen) atoms. The number of phenols is 1. The monoisotopic (exact) mass is 284 g/mol. The number of ether oxygens (including phenoxy) is 2. The number of hydrogen-bond donors (Lipinski definition) is 2. The van der Waals surface area contributed by atoms with Gasteiger partial charge in [-0.1, -0.05) is 12.1 Å². The predicted molar refractivity (Wildman–Crippen MR) is 81.0 cm³/mol. The summed E-state index contributed by atoms with van der Waals surface area (Å²) in [6.45, 7) is 1.85. The molecular formula is C16H16N2O3. The number of rotatable bonds is 3. The minimum absolute atomic E-state index is 0.232. The van der Waals surface area contributed by atoms with Crippen LogP contribution in [0.2, 0.25) is 0 Å². The summed E-state index contributed by atoms with van der Waals surface area (Å²) in [4.78, 5) is 7.72. The van der Waals surface area contributed by atoms with Gasteiger partial charge in [-0.15, -0.1) is 0 Å². The summed E-state index contributed by atoms with van der Waals surface area (Å²) in [6.07, 6.45) is 0. The number of nitrogens with one attached hydrogen (secondary N) is 1. The highest BCUT2D eigenvalue weighted by molar-refractivity contribution is 5.84. The molecule has 0 aliphatic carbocycles. The van der Waals surface area contributed by atoms with E-state index in [2.05, 4.69) is 9.97 Å². The van der Waals surface area contributed by atoms with Gasteiger partial charge in [-0.05, 0) is 18.6 Å². The van der Waals surface area contributed by atoms with E-state index in [0.717, 1.165) is 16.6 Å². The lowest BCUT2D eigenvalue weighted by atomic mass is 10.1. The molecule has 0 saturated carbocycles. The van der Waals surface area contributed by atoms with Gasteiger partial charge in [-0.2, -0.15) is 0 Å². The summed E-state index contributed by atoms with van der Waals surface area (Å²) >= 11 is 0. The number of H-pyrrole nitrogens is 1. The lowest BCUT2D eigenvalue weighted by molar-refractivity contribution is 0.356. The number of hydrogen-bond acceptors (Lipinski definition) is 4. The minimum Gasteiger partial charge on any atom is -0.507 e. The number of fused-ring (bicyclic) bond motifs is 1. The van der Waals surface area contributed by atoms with Crippen molar-refractivity contribution in [2.75, 3.05) is 14.2 Å². The molecule has 0 unspecified atom stereocenters. The molecule has 0 aliphatic rings. The van der Waals surface area contributed by atoms with Crippen LogP contribution in [-0.4, -0.2) is 29.3 Å². The fourth-order valence-corrected chi connectivity index (χ4v) is 2.31. The first-order valence-electron chi connectivity index (χ1n) is 6.54. The van der Waals surface area contributed by atoms with Crippen LogP contribution in [0.4, 0.5) is 0 Å². The van der Waals surface area contributed by atoms with E-state index in [-0.39, 0.29) is 5.75 Å². The molecule has 2 N–H and O–H groups in total. The van der Waals surface area contributed by atoms with E-state index in [1.165, 1.54) is 0 Å². The van der Waals surface area contributed by atoms with Gasteiger partial charge in [0.25, 0.3) is 0 Å². The van der Waals surface area contributed by atoms with Crippen molar-refractivity contribution >= 4 is 11.0 Å². The quantitative estimate of drug-likeness (QED) is 0.774. The number of methoxy groups -OCH3 is 2. The van der Waals surface area contributed by atoms with Gasteiger partial charge in [0.15, 0.2) is 11.5 Å². The molecule has 108 valence electrons. The third kappa shape index (κ3) is 2.16. The first-order valence-corrected chi connectivity index (χ1v) is 6.54. The maximum absolute atomic E-state index is 10.2. The Kier molecular flexibility index (Phi) is 3.17. The summed E-state index contributed by atoms with van der Waals surface area (Å²) in [5.74, 6) is 2.10. The van der Waals surface area contributed by atoms with E-state index in [1.807, 2.05) is 31.2 Å². The van der Waals surface area contributed by atoms with Gasteiger partial charge in [0.1, 0.15) is 11.6 Å². The Morgan fingerprint density at radius 2 is 1.81 bits per heavy atom. The molecule has 0 atom stereocenters. The zero-order chi connectivity index (χ0) is 15.0. The van der Waals surface area contributed by atoms with Crippen molar-refractivity contribution in [1.29, 1.82) is 0 Å². The maximum Gasteiger partial charge on any atom is 0.163 e. The first-order chi connectivity index (χ1) is 10.1. The fourth-order valence-electron chi connectivity index (χ4n) is 2.31. The normalized spacial score (nSPS) is 10.8. The number of imidazole rings is 1. The Morgan fingerprint density at radius 3 is 2.52 bits per heavy atom. The molecule has 0 aliphatic heterocycles. The van der Waals surface area contributed by atoms with Crippen molar-refractivity contribution in [3.63, 3.8) is 0 Å². The molecule has 5 heteroatoms. The van der Waals surface area contributed by atoms with Gasteiger partial charge in [0.2, 0.25) is 0 Å². The molecule has 3 rings (SSSR count). The van der Waals surface area contributed by atoms with Crippen LogP contribution < -0.4 is 9.47 Å². The van der Waals surface area contributed by atoms with Crippen LogP contribution in [0, 0.1) is 6.92 Å². The zero-order valence-corrected chi connectivity index (χ0v) is 12.1. The smallest absolute Gasteiger partial charge is 0.163 e. The number of nitrogens with zero attached hydrogens (tertiary/aromatic N) is 1. The molecule has 1 aromatic heterocycles. The van der Waals surface area contributed by atoms with Gasteiger partial charge in [-0.3, -0.25) is 0 Å². The number of benzene rings is 2. The topological polar surface area (TPSA) is 67.4 Å². The van der Waals surface area contributed by atoms with Crippen molar-refractivity contribution in [3.8, 4) is 28.6 Å². The van der Waals surface area contributed by atoms with Crippen LogP contribution in [0.3, 0.4) is 0 Å². The SMILES string of the molecule is COc1cc2nc(-c3cccc(C)c3O)[nH]c2cc1OC. The molecule has 0 amide bonds. The molecule has 0 bridgehead atoms. The highest BCUT2D eigenvalue weighted by Gasteiger charge is 2.13. The number of aromatic amines is 1. The number of aromatic nitrogens is 2. The van der Waals surface area contributed by atoms with Crippen LogP contribution >= 0.6 is 0 Å². The molecule has 0 saturated heterocycles. The second-order valence-electron chi connectivity index (χ2n) is 4.78. The second kappa shape index (κ2) is 5.01. The van der Waals surface area contributed by atoms with E-state index in [0.29, 0.717) is 22.9 Å². The predicted octanol–water partition coefficient (Wildman–Crippen LogP) is 3.26. The molecule has 1 heterocycles. The molecule has 0 radical (unpaired) electrons. The highest BCUT2D eigenvalue weighted by atomic mass is 16.5. The standard InChI is InChI=1S/C16H16N2O3/c1-9-5-4-6-10(15(9)19)16-17-11-7-13(20-2)14(21-3)8-12(11)18-16/h4-8,19H,1-3H3,(H,17,18). The summed E-state index contributed by atoms with van der Waals surface area (Å²) in [6, 6.07) is 9.21. The molecule has 0 fully saturated rings. The maximum atomic E-state index is 10.2. The van der Waals surface area contributed by atoms with E-state index >= 15 is 0 Å². The van der Waals surface area contributed by atoms with Crippen LogP contribution in [0.15, 0.2) is 30.3 Å². The van der Waals surface area contributed by atoms with Crippen LogP contribution in [0.5, 0.6) is 17.2 Å². The van der Waals surface area contributed by atoms with Gasteiger partial charge < -0.3 is 19.6 Å².